The van der Waals surface area contributed by atoms with Crippen LogP contribution >= 0.6 is 0 Å². The standard InChI is InChI=1S/C17H13FN2O3/c1-10-15-13(21)6-3-7-14(15)23-16(10)17(22)20-19-9-11-4-2-5-12(18)8-11/h2-9,21H,1H3,(H,20,22)/b19-9-. The first kappa shape index (κ1) is 14.8. The van der Waals surface area contributed by atoms with Crippen LogP contribution in [-0.4, -0.2) is 17.2 Å². The number of hydrogen-bond donors (Lipinski definition) is 2. The summed E-state index contributed by atoms with van der Waals surface area (Å²) in [6.07, 6.45) is 1.33. The predicted molar refractivity (Wildman–Crippen MR) is 84.1 cm³/mol. The fourth-order valence-electron chi connectivity index (χ4n) is 2.30. The molecule has 1 heterocycles. The Labute approximate surface area is 131 Å². The number of benzene rings is 2. The van der Waals surface area contributed by atoms with Gasteiger partial charge in [0.05, 0.1) is 11.6 Å². The van der Waals surface area contributed by atoms with E-state index >= 15 is 0 Å². The molecule has 1 amide bonds. The fraction of sp³-hybridized carbons (Fsp3) is 0.0588. The van der Waals surface area contributed by atoms with Crippen LogP contribution in [0.1, 0.15) is 21.7 Å². The molecular weight excluding hydrogens is 299 g/mol. The summed E-state index contributed by atoms with van der Waals surface area (Å²) in [5.41, 5.74) is 3.78. The van der Waals surface area contributed by atoms with Gasteiger partial charge in [-0.3, -0.25) is 4.79 Å². The Morgan fingerprint density at radius 2 is 2.09 bits per heavy atom. The van der Waals surface area contributed by atoms with E-state index in [1.807, 2.05) is 0 Å². The summed E-state index contributed by atoms with van der Waals surface area (Å²) in [5, 5.41) is 14.1. The molecule has 3 rings (SSSR count). The molecule has 0 saturated heterocycles. The van der Waals surface area contributed by atoms with E-state index < -0.39 is 5.91 Å². The Balaban J connectivity index is 1.81. The molecule has 0 saturated carbocycles. The molecule has 0 spiro atoms. The maximum absolute atomic E-state index is 13.0. The number of halogens is 1. The third-order valence-electron chi connectivity index (χ3n) is 3.37. The van der Waals surface area contributed by atoms with E-state index in [4.69, 9.17) is 4.42 Å². The first-order chi connectivity index (χ1) is 11.1. The monoisotopic (exact) mass is 312 g/mol. The lowest BCUT2D eigenvalue weighted by atomic mass is 10.1. The first-order valence-corrected chi connectivity index (χ1v) is 6.86. The van der Waals surface area contributed by atoms with Crippen LogP contribution in [0.25, 0.3) is 11.0 Å². The molecule has 2 N–H and O–H groups in total. The van der Waals surface area contributed by atoms with Gasteiger partial charge in [0.2, 0.25) is 0 Å². The second-order valence-electron chi connectivity index (χ2n) is 4.96. The number of phenolic OH excluding ortho intramolecular Hbond substituents is 1. The molecule has 0 radical (unpaired) electrons. The highest BCUT2D eigenvalue weighted by Crippen LogP contribution is 2.32. The molecule has 23 heavy (non-hydrogen) atoms. The number of amides is 1. The van der Waals surface area contributed by atoms with E-state index in [1.165, 1.54) is 24.4 Å². The number of aryl methyl sites for hydroxylation is 1. The van der Waals surface area contributed by atoms with E-state index in [-0.39, 0.29) is 17.3 Å². The molecule has 3 aromatic rings. The van der Waals surface area contributed by atoms with Gasteiger partial charge in [-0.2, -0.15) is 5.10 Å². The second-order valence-corrected chi connectivity index (χ2v) is 4.96. The van der Waals surface area contributed by atoms with E-state index in [1.54, 1.807) is 31.2 Å². The zero-order valence-electron chi connectivity index (χ0n) is 12.2. The first-order valence-electron chi connectivity index (χ1n) is 6.86. The number of aromatic hydroxyl groups is 1. The highest BCUT2D eigenvalue weighted by Gasteiger charge is 2.19. The van der Waals surface area contributed by atoms with Crippen molar-refractivity contribution in [1.29, 1.82) is 0 Å². The van der Waals surface area contributed by atoms with E-state index in [9.17, 15) is 14.3 Å². The van der Waals surface area contributed by atoms with Gasteiger partial charge in [-0.15, -0.1) is 0 Å². The van der Waals surface area contributed by atoms with E-state index in [2.05, 4.69) is 10.5 Å². The van der Waals surface area contributed by atoms with Crippen LogP contribution in [-0.2, 0) is 0 Å². The minimum atomic E-state index is -0.550. The number of nitrogens with zero attached hydrogens (tertiary/aromatic N) is 1. The Hall–Kier alpha value is -3.15. The van der Waals surface area contributed by atoms with Crippen molar-refractivity contribution in [3.8, 4) is 5.75 Å². The Kier molecular flexibility index (Phi) is 3.80. The molecule has 0 atom stereocenters. The van der Waals surface area contributed by atoms with Gasteiger partial charge >= 0.3 is 5.91 Å². The lowest BCUT2D eigenvalue weighted by molar-refractivity contribution is 0.0929. The van der Waals surface area contributed by atoms with Crippen LogP contribution in [0.2, 0.25) is 0 Å². The zero-order chi connectivity index (χ0) is 16.4. The Morgan fingerprint density at radius 3 is 2.83 bits per heavy atom. The third-order valence-corrected chi connectivity index (χ3v) is 3.37. The van der Waals surface area contributed by atoms with Crippen molar-refractivity contribution in [2.75, 3.05) is 0 Å². The van der Waals surface area contributed by atoms with Gasteiger partial charge in [0.15, 0.2) is 5.76 Å². The Bertz CT molecular complexity index is 915. The van der Waals surface area contributed by atoms with Gasteiger partial charge in [0, 0.05) is 5.56 Å². The van der Waals surface area contributed by atoms with Crippen LogP contribution < -0.4 is 5.43 Å². The van der Waals surface area contributed by atoms with Crippen molar-refractivity contribution < 1.29 is 18.7 Å². The van der Waals surface area contributed by atoms with Gasteiger partial charge in [0.1, 0.15) is 17.1 Å². The molecule has 0 aliphatic rings. The van der Waals surface area contributed by atoms with Gasteiger partial charge in [-0.25, -0.2) is 9.82 Å². The van der Waals surface area contributed by atoms with Gasteiger partial charge in [-0.05, 0) is 36.8 Å². The number of furan rings is 1. The molecule has 116 valence electrons. The van der Waals surface area contributed by atoms with Gasteiger partial charge < -0.3 is 9.52 Å². The normalized spacial score (nSPS) is 11.2. The number of nitrogens with one attached hydrogen (secondary N) is 1. The van der Waals surface area contributed by atoms with Crippen LogP contribution in [0.4, 0.5) is 4.39 Å². The second kappa shape index (κ2) is 5.92. The predicted octanol–water partition coefficient (Wildman–Crippen LogP) is 3.35. The molecule has 6 heteroatoms. The van der Waals surface area contributed by atoms with Crippen molar-refractivity contribution in [2.45, 2.75) is 6.92 Å². The summed E-state index contributed by atoms with van der Waals surface area (Å²) >= 11 is 0. The Morgan fingerprint density at radius 1 is 1.30 bits per heavy atom. The number of fused-ring (bicyclic) bond motifs is 1. The summed E-state index contributed by atoms with van der Waals surface area (Å²) in [6, 6.07) is 10.6. The van der Waals surface area contributed by atoms with Crippen LogP contribution in [0, 0.1) is 12.7 Å². The highest BCUT2D eigenvalue weighted by molar-refractivity contribution is 6.00. The molecule has 0 unspecified atom stereocenters. The summed E-state index contributed by atoms with van der Waals surface area (Å²) < 4.78 is 18.5. The van der Waals surface area contributed by atoms with Crippen molar-refractivity contribution in [3.05, 3.63) is 65.2 Å². The number of carbonyl (C=O) groups is 1. The third kappa shape index (κ3) is 2.91. The molecule has 0 fully saturated rings. The molecule has 0 aliphatic carbocycles. The summed E-state index contributed by atoms with van der Waals surface area (Å²) in [4.78, 5) is 12.1. The number of phenols is 1. The van der Waals surface area contributed by atoms with E-state index in [0.717, 1.165) is 0 Å². The van der Waals surface area contributed by atoms with Crippen molar-refractivity contribution in [2.24, 2.45) is 5.10 Å². The lowest BCUT2D eigenvalue weighted by Gasteiger charge is -1.98. The molecule has 0 aliphatic heterocycles. The quantitative estimate of drug-likeness (QED) is 0.575. The van der Waals surface area contributed by atoms with E-state index in [0.29, 0.717) is 22.1 Å². The minimum absolute atomic E-state index is 0.0473. The largest absolute Gasteiger partial charge is 0.507 e. The number of rotatable bonds is 3. The van der Waals surface area contributed by atoms with Crippen LogP contribution in [0.15, 0.2) is 52.0 Å². The average molecular weight is 312 g/mol. The SMILES string of the molecule is Cc1c(C(=O)N/N=C\c2cccc(F)c2)oc2cccc(O)c12. The molecule has 5 nitrogen and oxygen atoms in total. The van der Waals surface area contributed by atoms with Crippen molar-refractivity contribution in [3.63, 3.8) is 0 Å². The van der Waals surface area contributed by atoms with Gasteiger partial charge in [-0.1, -0.05) is 18.2 Å². The average Bonchev–Trinajstić information content (AvgIpc) is 2.86. The summed E-state index contributed by atoms with van der Waals surface area (Å²) in [6.45, 7) is 1.68. The maximum atomic E-state index is 13.0. The topological polar surface area (TPSA) is 74.8 Å². The van der Waals surface area contributed by atoms with Gasteiger partial charge in [0.25, 0.3) is 0 Å². The fourth-order valence-corrected chi connectivity index (χ4v) is 2.30. The van der Waals surface area contributed by atoms with Crippen LogP contribution in [0.5, 0.6) is 5.75 Å². The minimum Gasteiger partial charge on any atom is -0.507 e. The molecule has 2 aromatic carbocycles. The van der Waals surface area contributed by atoms with Crippen LogP contribution in [0.3, 0.4) is 0 Å². The molecule has 0 bridgehead atoms. The number of hydrazone groups is 1. The number of hydrogen-bond acceptors (Lipinski definition) is 4. The van der Waals surface area contributed by atoms with Crippen molar-refractivity contribution in [1.82, 2.24) is 5.43 Å². The van der Waals surface area contributed by atoms with Crippen molar-refractivity contribution >= 4 is 23.1 Å². The molecule has 1 aromatic heterocycles. The highest BCUT2D eigenvalue weighted by atomic mass is 19.1. The number of carbonyl (C=O) groups excluding carboxylic acids is 1. The maximum Gasteiger partial charge on any atom is 0.307 e. The summed E-state index contributed by atoms with van der Waals surface area (Å²) in [7, 11) is 0. The zero-order valence-corrected chi connectivity index (χ0v) is 12.2. The lowest BCUT2D eigenvalue weighted by Crippen LogP contribution is -2.17. The smallest absolute Gasteiger partial charge is 0.307 e. The molecular formula is C17H13FN2O3. The summed E-state index contributed by atoms with van der Waals surface area (Å²) in [5.74, 6) is -0.821.